The average Bonchev–Trinajstić information content (AvgIpc) is 2.53. The van der Waals surface area contributed by atoms with Crippen LogP contribution >= 0.6 is 0 Å². The number of amides is 1. The van der Waals surface area contributed by atoms with Gasteiger partial charge in [0.25, 0.3) is 0 Å². The summed E-state index contributed by atoms with van der Waals surface area (Å²) in [7, 11) is 0. The summed E-state index contributed by atoms with van der Waals surface area (Å²) in [6.07, 6.45) is -0.0123. The van der Waals surface area contributed by atoms with Crippen LogP contribution in [0.4, 0.5) is 10.5 Å². The summed E-state index contributed by atoms with van der Waals surface area (Å²) < 4.78 is 5.65. The van der Waals surface area contributed by atoms with Crippen molar-refractivity contribution in [3.63, 3.8) is 0 Å². The lowest BCUT2D eigenvalue weighted by Gasteiger charge is -2.12. The second-order valence-corrected chi connectivity index (χ2v) is 4.23. The standard InChI is InChI=1S/C12H15NO3/c1-6-4-10-9(5-7(2)16-10)8(3)11(6)13-12(14)15/h4,7,13H,5H2,1-3H3,(H,14,15). The van der Waals surface area contributed by atoms with E-state index in [1.54, 1.807) is 0 Å². The number of carboxylic acid groups (broad SMARTS) is 1. The number of hydrogen-bond acceptors (Lipinski definition) is 2. The van der Waals surface area contributed by atoms with Crippen LogP contribution < -0.4 is 10.1 Å². The van der Waals surface area contributed by atoms with Crippen molar-refractivity contribution in [2.24, 2.45) is 0 Å². The molecule has 1 aromatic rings. The van der Waals surface area contributed by atoms with E-state index in [2.05, 4.69) is 5.32 Å². The molecule has 1 heterocycles. The van der Waals surface area contributed by atoms with Crippen LogP contribution in [0, 0.1) is 13.8 Å². The number of ether oxygens (including phenoxy) is 1. The Morgan fingerprint density at radius 1 is 1.56 bits per heavy atom. The lowest BCUT2D eigenvalue weighted by Crippen LogP contribution is -2.10. The largest absolute Gasteiger partial charge is 0.490 e. The zero-order chi connectivity index (χ0) is 11.9. The van der Waals surface area contributed by atoms with Crippen LogP contribution in [0.1, 0.15) is 23.6 Å². The van der Waals surface area contributed by atoms with Crippen LogP contribution in [0.3, 0.4) is 0 Å². The fourth-order valence-electron chi connectivity index (χ4n) is 2.19. The number of hydrogen-bond donors (Lipinski definition) is 2. The Hall–Kier alpha value is -1.71. The molecular weight excluding hydrogens is 206 g/mol. The van der Waals surface area contributed by atoms with Gasteiger partial charge in [-0.05, 0) is 38.0 Å². The van der Waals surface area contributed by atoms with E-state index in [0.717, 1.165) is 28.9 Å². The van der Waals surface area contributed by atoms with E-state index in [1.807, 2.05) is 26.8 Å². The van der Waals surface area contributed by atoms with Crippen LogP contribution in [-0.2, 0) is 6.42 Å². The molecule has 0 radical (unpaired) electrons. The summed E-state index contributed by atoms with van der Waals surface area (Å²) in [4.78, 5) is 10.7. The molecule has 2 N–H and O–H groups in total. The Morgan fingerprint density at radius 2 is 2.25 bits per heavy atom. The van der Waals surface area contributed by atoms with E-state index >= 15 is 0 Å². The molecule has 1 unspecified atom stereocenters. The minimum absolute atomic E-state index is 0.174. The van der Waals surface area contributed by atoms with Gasteiger partial charge in [-0.15, -0.1) is 0 Å². The van der Waals surface area contributed by atoms with Crippen LogP contribution in [0.15, 0.2) is 6.07 Å². The first kappa shape index (κ1) is 10.8. The summed E-state index contributed by atoms with van der Waals surface area (Å²) in [6.45, 7) is 5.82. The lowest BCUT2D eigenvalue weighted by molar-refractivity contribution is 0.209. The van der Waals surface area contributed by atoms with Crippen LogP contribution in [-0.4, -0.2) is 17.3 Å². The molecule has 1 aromatic carbocycles. The first-order valence-corrected chi connectivity index (χ1v) is 5.28. The van der Waals surface area contributed by atoms with Crippen molar-refractivity contribution in [3.05, 3.63) is 22.8 Å². The number of carbonyl (C=O) groups is 1. The van der Waals surface area contributed by atoms with Crippen molar-refractivity contribution in [3.8, 4) is 5.75 Å². The molecule has 0 spiro atoms. The van der Waals surface area contributed by atoms with Crippen molar-refractivity contribution >= 4 is 11.8 Å². The molecule has 0 aliphatic carbocycles. The molecule has 86 valence electrons. The normalized spacial score (nSPS) is 17.8. The summed E-state index contributed by atoms with van der Waals surface area (Å²) in [5.74, 6) is 0.887. The first-order valence-electron chi connectivity index (χ1n) is 5.28. The molecule has 0 aromatic heterocycles. The van der Waals surface area contributed by atoms with Crippen LogP contribution in [0.5, 0.6) is 5.75 Å². The van der Waals surface area contributed by atoms with Gasteiger partial charge >= 0.3 is 6.09 Å². The fourth-order valence-corrected chi connectivity index (χ4v) is 2.19. The molecule has 1 aliphatic rings. The highest BCUT2D eigenvalue weighted by atomic mass is 16.5. The van der Waals surface area contributed by atoms with Crippen LogP contribution in [0.25, 0.3) is 0 Å². The highest BCUT2D eigenvalue weighted by Crippen LogP contribution is 2.37. The second-order valence-electron chi connectivity index (χ2n) is 4.23. The molecule has 2 rings (SSSR count). The maximum absolute atomic E-state index is 10.7. The third kappa shape index (κ3) is 1.71. The third-order valence-electron chi connectivity index (χ3n) is 2.92. The summed E-state index contributed by atoms with van der Waals surface area (Å²) >= 11 is 0. The molecule has 0 fully saturated rings. The molecule has 4 nitrogen and oxygen atoms in total. The van der Waals surface area contributed by atoms with Gasteiger partial charge in [-0.25, -0.2) is 4.79 Å². The molecule has 1 amide bonds. The monoisotopic (exact) mass is 221 g/mol. The SMILES string of the molecule is Cc1cc2c(c(C)c1NC(=O)O)CC(C)O2. The van der Waals surface area contributed by atoms with Gasteiger partial charge < -0.3 is 9.84 Å². The molecule has 0 saturated carbocycles. The zero-order valence-corrected chi connectivity index (χ0v) is 9.63. The number of nitrogens with one attached hydrogen (secondary N) is 1. The highest BCUT2D eigenvalue weighted by molar-refractivity contribution is 5.86. The number of fused-ring (bicyclic) bond motifs is 1. The van der Waals surface area contributed by atoms with Crippen molar-refractivity contribution in [2.45, 2.75) is 33.3 Å². The molecule has 4 heteroatoms. The zero-order valence-electron chi connectivity index (χ0n) is 9.63. The van der Waals surface area contributed by atoms with E-state index < -0.39 is 6.09 Å². The van der Waals surface area contributed by atoms with Crippen LogP contribution in [0.2, 0.25) is 0 Å². The highest BCUT2D eigenvalue weighted by Gasteiger charge is 2.24. The minimum atomic E-state index is -1.03. The minimum Gasteiger partial charge on any atom is -0.490 e. The maximum atomic E-state index is 10.7. The predicted molar refractivity (Wildman–Crippen MR) is 61.4 cm³/mol. The van der Waals surface area contributed by atoms with Gasteiger partial charge in [0.2, 0.25) is 0 Å². The Bertz CT molecular complexity index is 454. The van der Waals surface area contributed by atoms with Gasteiger partial charge in [0.1, 0.15) is 11.9 Å². The molecule has 1 aliphatic heterocycles. The Balaban J connectivity index is 2.49. The molecule has 1 atom stereocenters. The van der Waals surface area contributed by atoms with Crippen molar-refractivity contribution in [1.29, 1.82) is 0 Å². The summed E-state index contributed by atoms with van der Waals surface area (Å²) in [6, 6.07) is 1.90. The first-order chi connectivity index (χ1) is 7.49. The van der Waals surface area contributed by atoms with Gasteiger partial charge in [0.05, 0.1) is 5.69 Å². The van der Waals surface area contributed by atoms with Gasteiger partial charge in [-0.1, -0.05) is 0 Å². The molecular formula is C12H15NO3. The topological polar surface area (TPSA) is 58.6 Å². The molecule has 0 saturated heterocycles. The van der Waals surface area contributed by atoms with Crippen molar-refractivity contribution in [2.75, 3.05) is 5.32 Å². The van der Waals surface area contributed by atoms with Gasteiger partial charge in [-0.3, -0.25) is 5.32 Å². The summed E-state index contributed by atoms with van der Waals surface area (Å²) in [5, 5.41) is 11.2. The Morgan fingerprint density at radius 3 is 2.88 bits per heavy atom. The Kier molecular flexibility index (Phi) is 2.50. The third-order valence-corrected chi connectivity index (χ3v) is 2.92. The number of benzene rings is 1. The Labute approximate surface area is 94.2 Å². The number of aryl methyl sites for hydroxylation is 1. The van der Waals surface area contributed by atoms with Gasteiger partial charge in [-0.2, -0.15) is 0 Å². The fraction of sp³-hybridized carbons (Fsp3) is 0.417. The van der Waals surface area contributed by atoms with E-state index in [9.17, 15) is 4.79 Å². The van der Waals surface area contributed by atoms with Gasteiger partial charge in [0.15, 0.2) is 0 Å². The molecule has 16 heavy (non-hydrogen) atoms. The number of anilines is 1. The van der Waals surface area contributed by atoms with E-state index in [1.165, 1.54) is 0 Å². The smallest absolute Gasteiger partial charge is 0.409 e. The van der Waals surface area contributed by atoms with Crippen molar-refractivity contribution in [1.82, 2.24) is 0 Å². The molecule has 0 bridgehead atoms. The van der Waals surface area contributed by atoms with E-state index in [4.69, 9.17) is 9.84 Å². The lowest BCUT2D eigenvalue weighted by atomic mass is 9.99. The quantitative estimate of drug-likeness (QED) is 0.766. The average molecular weight is 221 g/mol. The second kappa shape index (κ2) is 3.70. The van der Waals surface area contributed by atoms with E-state index in [-0.39, 0.29) is 6.10 Å². The predicted octanol–water partition coefficient (Wildman–Crippen LogP) is 2.72. The van der Waals surface area contributed by atoms with E-state index in [0.29, 0.717) is 5.69 Å². The number of rotatable bonds is 1. The van der Waals surface area contributed by atoms with Gasteiger partial charge in [0, 0.05) is 12.0 Å². The summed E-state index contributed by atoms with van der Waals surface area (Å²) in [5.41, 5.74) is 3.67. The van der Waals surface area contributed by atoms with Crippen molar-refractivity contribution < 1.29 is 14.6 Å². The maximum Gasteiger partial charge on any atom is 0.409 e.